The number of nitrogens with one attached hydrogen (secondary N) is 3. The van der Waals surface area contributed by atoms with Crippen LogP contribution in [0.15, 0.2) is 79.5 Å². The Morgan fingerprint density at radius 1 is 1.00 bits per heavy atom. The van der Waals surface area contributed by atoms with E-state index in [4.69, 9.17) is 4.98 Å². The number of hydrazine groups is 1. The van der Waals surface area contributed by atoms with Crippen molar-refractivity contribution >= 4 is 11.4 Å². The lowest BCUT2D eigenvalue weighted by Gasteiger charge is -2.19. The largest absolute Gasteiger partial charge is 0.394 e. The molecule has 4 aromatic rings. The summed E-state index contributed by atoms with van der Waals surface area (Å²) in [5.41, 5.74) is 14.3. The highest BCUT2D eigenvalue weighted by Crippen LogP contribution is 2.37. The van der Waals surface area contributed by atoms with Crippen LogP contribution in [-0.2, 0) is 0 Å². The number of hydrogen-bond acceptors (Lipinski definition) is 7. The van der Waals surface area contributed by atoms with E-state index in [0.717, 1.165) is 39.3 Å². The summed E-state index contributed by atoms with van der Waals surface area (Å²) >= 11 is 0. The van der Waals surface area contributed by atoms with E-state index in [1.807, 2.05) is 30.3 Å². The Balaban J connectivity index is 1.58. The van der Waals surface area contributed by atoms with Crippen LogP contribution in [-0.4, -0.2) is 26.7 Å². The lowest BCUT2D eigenvalue weighted by molar-refractivity contribution is 0.276. The number of nitrogens with zero attached hydrogens (tertiary/aromatic N) is 3. The number of aromatic nitrogens is 3. The first-order valence-electron chi connectivity index (χ1n) is 10.6. The highest BCUT2D eigenvalue weighted by Gasteiger charge is 2.20. The highest BCUT2D eigenvalue weighted by atomic mass is 16.3. The molecule has 2 aromatic carbocycles. The minimum absolute atomic E-state index is 0.0265. The smallest absolute Gasteiger partial charge is 0.115 e. The molecule has 0 radical (unpaired) electrons. The minimum atomic E-state index is -0.231. The van der Waals surface area contributed by atoms with E-state index in [2.05, 4.69) is 57.3 Å². The molecule has 2 aromatic heterocycles. The molecule has 0 saturated heterocycles. The SMILES string of the molecule is CC1NNc2ccc(-c3cc(NC(CO)c4ccccc4)cnc3-c3cncnc3)cc21. The normalized spacial score (nSPS) is 15.6. The topological polar surface area (TPSA) is 95.0 Å². The predicted molar refractivity (Wildman–Crippen MR) is 126 cm³/mol. The summed E-state index contributed by atoms with van der Waals surface area (Å²) in [4.78, 5) is 13.1. The number of anilines is 2. The molecular formula is C25H24N6O. The number of aliphatic hydroxyl groups is 1. The van der Waals surface area contributed by atoms with Gasteiger partial charge in [0.2, 0.25) is 0 Å². The van der Waals surface area contributed by atoms with Gasteiger partial charge >= 0.3 is 0 Å². The number of hydrogen-bond donors (Lipinski definition) is 4. The fourth-order valence-electron chi connectivity index (χ4n) is 4.00. The van der Waals surface area contributed by atoms with Crippen LogP contribution in [0.2, 0.25) is 0 Å². The molecule has 3 heterocycles. The van der Waals surface area contributed by atoms with Gasteiger partial charge < -0.3 is 15.8 Å². The van der Waals surface area contributed by atoms with Crippen molar-refractivity contribution in [1.82, 2.24) is 20.4 Å². The van der Waals surface area contributed by atoms with Crippen LogP contribution in [0.4, 0.5) is 11.4 Å². The van der Waals surface area contributed by atoms with Crippen molar-refractivity contribution in [2.24, 2.45) is 0 Å². The molecule has 0 fully saturated rings. The first kappa shape index (κ1) is 20.1. The van der Waals surface area contributed by atoms with Gasteiger partial charge in [-0.3, -0.25) is 4.98 Å². The van der Waals surface area contributed by atoms with Crippen molar-refractivity contribution in [2.75, 3.05) is 17.3 Å². The maximum Gasteiger partial charge on any atom is 0.115 e. The molecule has 1 aliphatic heterocycles. The van der Waals surface area contributed by atoms with Gasteiger partial charge in [-0.25, -0.2) is 15.4 Å². The van der Waals surface area contributed by atoms with Crippen LogP contribution in [0.1, 0.15) is 30.1 Å². The summed E-state index contributed by atoms with van der Waals surface area (Å²) in [6, 6.07) is 18.3. The lowest BCUT2D eigenvalue weighted by atomic mass is 9.96. The zero-order valence-corrected chi connectivity index (χ0v) is 17.7. The van der Waals surface area contributed by atoms with Crippen molar-refractivity contribution in [3.05, 3.63) is 90.6 Å². The third-order valence-corrected chi connectivity index (χ3v) is 5.70. The maximum atomic E-state index is 9.98. The average Bonchev–Trinajstić information content (AvgIpc) is 3.23. The van der Waals surface area contributed by atoms with E-state index in [1.165, 1.54) is 11.9 Å². The fraction of sp³-hybridized carbons (Fsp3) is 0.160. The zero-order valence-electron chi connectivity index (χ0n) is 17.7. The third kappa shape index (κ3) is 3.91. The third-order valence-electron chi connectivity index (χ3n) is 5.70. The monoisotopic (exact) mass is 424 g/mol. The summed E-state index contributed by atoms with van der Waals surface area (Å²) in [7, 11) is 0. The second-order valence-corrected chi connectivity index (χ2v) is 7.83. The molecule has 2 unspecified atom stereocenters. The Labute approximate surface area is 186 Å². The van der Waals surface area contributed by atoms with Crippen molar-refractivity contribution in [3.8, 4) is 22.4 Å². The summed E-state index contributed by atoms with van der Waals surface area (Å²) in [5.74, 6) is 0. The number of rotatable bonds is 6. The Hall–Kier alpha value is -3.81. The number of fused-ring (bicyclic) bond motifs is 1. The molecule has 2 atom stereocenters. The molecular weight excluding hydrogens is 400 g/mol. The minimum Gasteiger partial charge on any atom is -0.394 e. The molecule has 0 aliphatic carbocycles. The predicted octanol–water partition coefficient (Wildman–Crippen LogP) is 4.34. The van der Waals surface area contributed by atoms with Gasteiger partial charge in [-0.05, 0) is 41.8 Å². The number of pyridine rings is 1. The van der Waals surface area contributed by atoms with E-state index >= 15 is 0 Å². The summed E-state index contributed by atoms with van der Waals surface area (Å²) in [6.07, 6.45) is 6.84. The second kappa shape index (κ2) is 8.74. The summed E-state index contributed by atoms with van der Waals surface area (Å²) in [6.45, 7) is 2.10. The van der Waals surface area contributed by atoms with Gasteiger partial charge in [0.1, 0.15) is 6.33 Å². The fourth-order valence-corrected chi connectivity index (χ4v) is 4.00. The van der Waals surface area contributed by atoms with Crippen molar-refractivity contribution in [3.63, 3.8) is 0 Å². The quantitative estimate of drug-likeness (QED) is 0.366. The van der Waals surface area contributed by atoms with Crippen LogP contribution >= 0.6 is 0 Å². The molecule has 0 bridgehead atoms. The van der Waals surface area contributed by atoms with E-state index in [9.17, 15) is 5.11 Å². The maximum absolute atomic E-state index is 9.98. The Kier molecular flexibility index (Phi) is 5.49. The molecule has 4 N–H and O–H groups in total. The van der Waals surface area contributed by atoms with Crippen molar-refractivity contribution < 1.29 is 5.11 Å². The molecule has 0 spiro atoms. The van der Waals surface area contributed by atoms with Crippen LogP contribution in [0, 0.1) is 0 Å². The van der Waals surface area contributed by atoms with Gasteiger partial charge in [0.25, 0.3) is 0 Å². The van der Waals surface area contributed by atoms with E-state index in [-0.39, 0.29) is 18.7 Å². The van der Waals surface area contributed by atoms with Crippen LogP contribution in [0.25, 0.3) is 22.4 Å². The molecule has 0 amide bonds. The molecule has 1 aliphatic rings. The molecule has 160 valence electrons. The average molecular weight is 425 g/mol. The van der Waals surface area contributed by atoms with Crippen molar-refractivity contribution in [2.45, 2.75) is 19.0 Å². The standard InChI is InChI=1S/C25H24N6O/c1-16-21-9-18(7-8-23(21)31-30-16)22-10-20(13-28-25(22)19-11-26-15-27-12-19)29-24(14-32)17-5-3-2-4-6-17/h2-13,15-16,24,29-32H,14H2,1H3. The van der Waals surface area contributed by atoms with Gasteiger partial charge in [-0.15, -0.1) is 0 Å². The van der Waals surface area contributed by atoms with Crippen molar-refractivity contribution in [1.29, 1.82) is 0 Å². The molecule has 32 heavy (non-hydrogen) atoms. The zero-order chi connectivity index (χ0) is 21.9. The van der Waals surface area contributed by atoms with Gasteiger partial charge in [0.05, 0.1) is 42.0 Å². The van der Waals surface area contributed by atoms with Gasteiger partial charge in [0, 0.05) is 23.5 Å². The van der Waals surface area contributed by atoms with Crippen LogP contribution in [0.3, 0.4) is 0 Å². The van der Waals surface area contributed by atoms with Gasteiger partial charge in [0.15, 0.2) is 0 Å². The highest BCUT2D eigenvalue weighted by molar-refractivity contribution is 5.84. The number of benzene rings is 2. The summed E-state index contributed by atoms with van der Waals surface area (Å²) < 4.78 is 0. The van der Waals surface area contributed by atoms with Gasteiger partial charge in [-0.2, -0.15) is 0 Å². The number of aliphatic hydroxyl groups excluding tert-OH is 1. The Morgan fingerprint density at radius 2 is 1.81 bits per heavy atom. The summed E-state index contributed by atoms with van der Waals surface area (Å²) in [5, 5.41) is 13.4. The first-order valence-corrected chi connectivity index (χ1v) is 10.6. The van der Waals surface area contributed by atoms with E-state index < -0.39 is 0 Å². The lowest BCUT2D eigenvalue weighted by Crippen LogP contribution is -2.15. The Morgan fingerprint density at radius 3 is 2.59 bits per heavy atom. The molecule has 7 heteroatoms. The molecule has 7 nitrogen and oxygen atoms in total. The molecule has 0 saturated carbocycles. The Bertz CT molecular complexity index is 1220. The van der Waals surface area contributed by atoms with Crippen LogP contribution < -0.4 is 16.2 Å². The van der Waals surface area contributed by atoms with E-state index in [1.54, 1.807) is 18.6 Å². The van der Waals surface area contributed by atoms with Gasteiger partial charge in [-0.1, -0.05) is 36.4 Å². The molecule has 5 rings (SSSR count). The van der Waals surface area contributed by atoms with E-state index in [0.29, 0.717) is 0 Å². The van der Waals surface area contributed by atoms with Crippen LogP contribution in [0.5, 0.6) is 0 Å². The second-order valence-electron chi connectivity index (χ2n) is 7.83. The first-order chi connectivity index (χ1) is 15.7.